The number of likely N-dealkylation sites (tertiary alicyclic amines) is 1. The summed E-state index contributed by atoms with van der Waals surface area (Å²) in [5.41, 5.74) is 3.30. The molecule has 15 heteroatoms. The molecule has 1 aliphatic heterocycles. The van der Waals surface area contributed by atoms with Gasteiger partial charge in [0.25, 0.3) is 5.91 Å². The van der Waals surface area contributed by atoms with Crippen LogP contribution in [0, 0.1) is 28.6 Å². The van der Waals surface area contributed by atoms with Gasteiger partial charge in [-0.3, -0.25) is 19.2 Å². The number of nitrogens with two attached hydrogens (primary N) is 1. The fourth-order valence-corrected chi connectivity index (χ4v) is 6.96. The number of piperidine rings is 1. The number of primary amides is 1. The zero-order valence-electron chi connectivity index (χ0n) is 30.6. The number of urea groups is 1. The number of rotatable bonds is 16. The van der Waals surface area contributed by atoms with Gasteiger partial charge in [0.15, 0.2) is 0 Å². The van der Waals surface area contributed by atoms with Crippen molar-refractivity contribution in [3.8, 4) is 0 Å². The first kappa shape index (κ1) is 41.0. The number of carbonyl (C=O) groups excluding carboxylic acids is 6. The van der Waals surface area contributed by atoms with Crippen molar-refractivity contribution in [3.63, 3.8) is 0 Å². The van der Waals surface area contributed by atoms with Crippen LogP contribution in [0.15, 0.2) is 0 Å². The van der Waals surface area contributed by atoms with E-state index in [1.165, 1.54) is 4.90 Å². The number of ether oxygens (including phenoxy) is 1. The van der Waals surface area contributed by atoms with Crippen molar-refractivity contribution in [2.45, 2.75) is 149 Å². The monoisotopic (exact) mass is 715 g/mol. The molecule has 5 amide bonds. The van der Waals surface area contributed by atoms with Crippen molar-refractivity contribution < 1.29 is 46.7 Å². The molecule has 2 aliphatic carbocycles. The zero-order valence-corrected chi connectivity index (χ0v) is 30.6. The van der Waals surface area contributed by atoms with Gasteiger partial charge in [0, 0.05) is 13.0 Å². The van der Waals surface area contributed by atoms with Crippen molar-refractivity contribution in [2.75, 3.05) is 6.54 Å². The van der Waals surface area contributed by atoms with Crippen molar-refractivity contribution in [2.24, 2.45) is 34.3 Å². The van der Waals surface area contributed by atoms with Gasteiger partial charge in [-0.1, -0.05) is 66.7 Å². The van der Waals surface area contributed by atoms with E-state index < -0.39 is 83.3 Å². The number of hydrogen-bond donors (Lipinski definition) is 4. The fourth-order valence-electron chi connectivity index (χ4n) is 6.96. The molecule has 2 saturated carbocycles. The van der Waals surface area contributed by atoms with E-state index in [9.17, 15) is 41.9 Å². The largest absolute Gasteiger partial charge is 0.458 e. The minimum Gasteiger partial charge on any atom is -0.458 e. The second-order valence-electron chi connectivity index (χ2n) is 16.9. The van der Waals surface area contributed by atoms with E-state index in [2.05, 4.69) is 16.0 Å². The number of unbranched alkanes of at least 4 members (excludes halogenated alkanes) is 3. The zero-order chi connectivity index (χ0) is 38.0. The Kier molecular flexibility index (Phi) is 12.7. The van der Waals surface area contributed by atoms with Gasteiger partial charge in [0.1, 0.15) is 23.7 Å². The number of carbonyl (C=O) groups is 6. The summed E-state index contributed by atoms with van der Waals surface area (Å²) in [4.78, 5) is 80.4. The molecule has 6 atom stereocenters. The number of halogens is 3. The Labute approximate surface area is 292 Å². The molecule has 0 spiro atoms. The van der Waals surface area contributed by atoms with Crippen LogP contribution in [-0.2, 0) is 28.7 Å². The molecule has 2 unspecified atom stereocenters. The third-order valence-electron chi connectivity index (χ3n) is 9.99. The molecule has 0 radical (unpaired) electrons. The lowest BCUT2D eigenvalue weighted by molar-refractivity contribution is -0.157. The van der Waals surface area contributed by atoms with E-state index in [0.29, 0.717) is 19.3 Å². The highest BCUT2D eigenvalue weighted by Crippen LogP contribution is 2.65. The molecule has 12 nitrogen and oxygen atoms in total. The standard InChI is InChI=1S/C35H56F3N5O7/c1-32(2,3)26(42-31(49)41-21(30(48)50-33(4,5)6)13-11-9-10-12-16-35(36,37)38)29(47)43-18-20-23(34(20,7)8)24(43)28(46)40-22(17-19-14-15-19)25(44)27(39)45/h19-24,26H,9-18H2,1-8H3,(H2,39,45)(H,40,46)(H2,41,42,49)/t20-,21?,22?,23-,24-,26+/m0/s1. The lowest BCUT2D eigenvalue weighted by atomic mass is 9.85. The minimum atomic E-state index is -4.24. The predicted octanol–water partition coefficient (Wildman–Crippen LogP) is 4.14. The number of esters is 1. The van der Waals surface area contributed by atoms with E-state index in [0.717, 1.165) is 12.8 Å². The molecule has 1 heterocycles. The maximum absolute atomic E-state index is 14.3. The van der Waals surface area contributed by atoms with E-state index in [-0.39, 0.29) is 49.0 Å². The summed E-state index contributed by atoms with van der Waals surface area (Å²) in [6.45, 7) is 14.5. The molecule has 3 fully saturated rings. The summed E-state index contributed by atoms with van der Waals surface area (Å²) in [5, 5.41) is 8.03. The van der Waals surface area contributed by atoms with E-state index >= 15 is 0 Å². The van der Waals surface area contributed by atoms with Crippen LogP contribution in [-0.4, -0.2) is 82.9 Å². The topological polar surface area (TPSA) is 177 Å². The number of ketones is 1. The second kappa shape index (κ2) is 15.5. The van der Waals surface area contributed by atoms with Gasteiger partial charge in [0.05, 0.1) is 6.04 Å². The number of amides is 5. The summed E-state index contributed by atoms with van der Waals surface area (Å²) in [5.74, 6) is -3.85. The third-order valence-corrected chi connectivity index (χ3v) is 9.99. The number of alkyl halides is 3. The number of nitrogens with zero attached hydrogens (tertiary/aromatic N) is 1. The van der Waals surface area contributed by atoms with Gasteiger partial charge in [-0.05, 0) is 68.6 Å². The summed E-state index contributed by atoms with van der Waals surface area (Å²) in [6.07, 6.45) is -1.96. The molecular formula is C35H56F3N5O7. The van der Waals surface area contributed by atoms with Crippen LogP contribution in [0.1, 0.15) is 113 Å². The van der Waals surface area contributed by atoms with E-state index in [4.69, 9.17) is 10.5 Å². The van der Waals surface area contributed by atoms with Gasteiger partial charge in [-0.2, -0.15) is 13.2 Å². The Balaban J connectivity index is 1.75. The number of fused-ring (bicyclic) bond motifs is 1. The minimum absolute atomic E-state index is 0.00181. The Morgan fingerprint density at radius 2 is 1.48 bits per heavy atom. The number of nitrogens with one attached hydrogen (secondary N) is 3. The smallest absolute Gasteiger partial charge is 0.389 e. The van der Waals surface area contributed by atoms with Gasteiger partial charge in [-0.15, -0.1) is 0 Å². The lowest BCUT2D eigenvalue weighted by Crippen LogP contribution is -2.62. The van der Waals surface area contributed by atoms with Crippen LogP contribution in [0.5, 0.6) is 0 Å². The molecule has 50 heavy (non-hydrogen) atoms. The summed E-state index contributed by atoms with van der Waals surface area (Å²) in [7, 11) is 0. The van der Waals surface area contributed by atoms with Gasteiger partial charge in [-0.25, -0.2) is 9.59 Å². The Morgan fingerprint density at radius 1 is 0.880 bits per heavy atom. The van der Waals surface area contributed by atoms with E-state index in [1.54, 1.807) is 41.5 Å². The van der Waals surface area contributed by atoms with E-state index in [1.807, 2.05) is 13.8 Å². The summed E-state index contributed by atoms with van der Waals surface area (Å²) >= 11 is 0. The Morgan fingerprint density at radius 3 is 2.00 bits per heavy atom. The van der Waals surface area contributed by atoms with Crippen LogP contribution in [0.25, 0.3) is 0 Å². The first-order valence-corrected chi connectivity index (χ1v) is 17.6. The number of Topliss-reactive ketones (excluding diaryl/α,β-unsaturated/α-hetero) is 1. The molecule has 1 saturated heterocycles. The highest BCUT2D eigenvalue weighted by molar-refractivity contribution is 6.37. The second-order valence-corrected chi connectivity index (χ2v) is 16.9. The van der Waals surface area contributed by atoms with Crippen molar-refractivity contribution in [1.29, 1.82) is 0 Å². The Bertz CT molecular complexity index is 1300. The maximum Gasteiger partial charge on any atom is 0.389 e. The quantitative estimate of drug-likeness (QED) is 0.105. The molecule has 5 N–H and O–H groups in total. The van der Waals surface area contributed by atoms with Gasteiger partial charge < -0.3 is 31.3 Å². The number of hydrogen-bond acceptors (Lipinski definition) is 7. The summed E-state index contributed by atoms with van der Waals surface area (Å²) in [6, 6.07) is -5.14. The first-order chi connectivity index (χ1) is 22.8. The van der Waals surface area contributed by atoms with Gasteiger partial charge in [0.2, 0.25) is 17.6 Å². The SMILES string of the molecule is CC(C)(C)OC(=O)C(CCCCCCC(F)(F)F)NC(=O)N[C@H](C(=O)N1C[C@H]2[C@@H]([C@H]1C(=O)NC(CC1CC1)C(=O)C(N)=O)C2(C)C)C(C)(C)C. The Hall–Kier alpha value is -3.39. The molecule has 3 aliphatic rings. The highest BCUT2D eigenvalue weighted by atomic mass is 19.4. The van der Waals surface area contributed by atoms with Crippen LogP contribution in [0.2, 0.25) is 0 Å². The average molecular weight is 716 g/mol. The average Bonchev–Trinajstić information content (AvgIpc) is 3.81. The van der Waals surface area contributed by atoms with Crippen LogP contribution >= 0.6 is 0 Å². The van der Waals surface area contributed by atoms with Crippen LogP contribution in [0.4, 0.5) is 18.0 Å². The van der Waals surface area contributed by atoms with Crippen molar-refractivity contribution >= 4 is 35.5 Å². The molecule has 3 rings (SSSR count). The van der Waals surface area contributed by atoms with Crippen molar-refractivity contribution in [1.82, 2.24) is 20.9 Å². The third kappa shape index (κ3) is 11.3. The lowest BCUT2D eigenvalue weighted by Gasteiger charge is -2.38. The normalized spacial score (nSPS) is 23.2. The molecule has 0 bridgehead atoms. The van der Waals surface area contributed by atoms with Crippen LogP contribution < -0.4 is 21.7 Å². The highest BCUT2D eigenvalue weighted by Gasteiger charge is 2.70. The molecule has 0 aromatic rings. The molecular weight excluding hydrogens is 659 g/mol. The predicted molar refractivity (Wildman–Crippen MR) is 178 cm³/mol. The molecule has 284 valence electrons. The van der Waals surface area contributed by atoms with Crippen molar-refractivity contribution in [3.05, 3.63) is 0 Å². The molecule has 0 aromatic carbocycles. The van der Waals surface area contributed by atoms with Crippen LogP contribution in [0.3, 0.4) is 0 Å². The maximum atomic E-state index is 14.3. The molecule has 0 aromatic heterocycles. The van der Waals surface area contributed by atoms with Gasteiger partial charge >= 0.3 is 18.2 Å². The first-order valence-electron chi connectivity index (χ1n) is 17.6. The fraction of sp³-hybridized carbons (Fsp3) is 0.829. The summed E-state index contributed by atoms with van der Waals surface area (Å²) < 4.78 is 43.0.